The Kier molecular flexibility index (Phi) is 21.8. The molecule has 14 heteroatoms. The van der Waals surface area contributed by atoms with Crippen molar-refractivity contribution in [1.82, 2.24) is 26.2 Å². The molecule has 13 nitrogen and oxygen atoms in total. The molecule has 0 aromatic heterocycles. The molecule has 8 N–H and O–H groups in total. The van der Waals surface area contributed by atoms with Crippen LogP contribution in [0.4, 0.5) is 4.79 Å². The van der Waals surface area contributed by atoms with Crippen molar-refractivity contribution in [3.8, 4) is 0 Å². The lowest BCUT2D eigenvalue weighted by molar-refractivity contribution is -0.138. The third-order valence-electron chi connectivity index (χ3n) is 7.83. The van der Waals surface area contributed by atoms with Crippen LogP contribution in [-0.2, 0) is 24.0 Å². The van der Waals surface area contributed by atoms with Gasteiger partial charge in [0.2, 0.25) is 29.5 Å². The highest BCUT2D eigenvalue weighted by atomic mass is 32.2. The zero-order chi connectivity index (χ0) is 34.3. The maximum Gasteiger partial charge on any atom is 0.312 e. The number of carbonyl (C=O) groups is 6. The van der Waals surface area contributed by atoms with Crippen molar-refractivity contribution in [2.24, 2.45) is 17.4 Å². The van der Waals surface area contributed by atoms with Crippen LogP contribution in [0.25, 0.3) is 0 Å². The van der Waals surface area contributed by atoms with Gasteiger partial charge in [-0.2, -0.15) is 0 Å². The number of hydrogen-bond acceptors (Lipinski definition) is 8. The molecule has 46 heavy (non-hydrogen) atoms. The van der Waals surface area contributed by atoms with Crippen LogP contribution in [0, 0.1) is 5.92 Å². The second kappa shape index (κ2) is 24.3. The summed E-state index contributed by atoms with van der Waals surface area (Å²) >= 11 is 1.52. The molecule has 7 amide bonds. The predicted octanol–water partition coefficient (Wildman–Crippen LogP) is 2.31. The van der Waals surface area contributed by atoms with Gasteiger partial charge in [-0.25, -0.2) is 4.79 Å². The Morgan fingerprint density at radius 1 is 0.826 bits per heavy atom. The fourth-order valence-electron chi connectivity index (χ4n) is 5.11. The quantitative estimate of drug-likeness (QED) is 0.0594. The molecule has 0 saturated carbocycles. The van der Waals surface area contributed by atoms with Crippen LogP contribution in [0.15, 0.2) is 0 Å². The summed E-state index contributed by atoms with van der Waals surface area (Å²) in [7, 11) is 0. The van der Waals surface area contributed by atoms with Gasteiger partial charge >= 0.3 is 6.03 Å². The predicted molar refractivity (Wildman–Crippen MR) is 182 cm³/mol. The number of nitrogens with two attached hydrogens (primary N) is 2. The molecule has 1 unspecified atom stereocenters. The van der Waals surface area contributed by atoms with Gasteiger partial charge in [-0.1, -0.05) is 33.1 Å². The summed E-state index contributed by atoms with van der Waals surface area (Å²) in [5.41, 5.74) is 10.5. The van der Waals surface area contributed by atoms with Crippen LogP contribution < -0.4 is 32.7 Å². The van der Waals surface area contributed by atoms with Crippen molar-refractivity contribution in [2.45, 2.75) is 128 Å². The van der Waals surface area contributed by atoms with E-state index in [9.17, 15) is 28.8 Å². The van der Waals surface area contributed by atoms with Crippen LogP contribution in [0.3, 0.4) is 0 Å². The van der Waals surface area contributed by atoms with E-state index in [4.69, 9.17) is 11.5 Å². The van der Waals surface area contributed by atoms with Gasteiger partial charge < -0.3 is 32.7 Å². The van der Waals surface area contributed by atoms with E-state index in [0.717, 1.165) is 44.3 Å². The molecule has 1 rings (SSSR count). The lowest BCUT2D eigenvalue weighted by Crippen LogP contribution is -2.51. The second-order valence-electron chi connectivity index (χ2n) is 12.4. The summed E-state index contributed by atoms with van der Waals surface area (Å²) in [6, 6.07) is -1.36. The van der Waals surface area contributed by atoms with Crippen LogP contribution in [0.5, 0.6) is 0 Å². The number of urea groups is 1. The summed E-state index contributed by atoms with van der Waals surface area (Å²) in [6.07, 6.45) is 9.74. The molecular formula is C32H59N7O6S. The SMILES string of the molecule is CC(C)[C@H](NC(=O)CCCCCN1C(=O)CC(SCCCCCC(=O)NCCCCCN)C1=O)C(=O)N[C@H](C)CCCNC(N)=O. The summed E-state index contributed by atoms with van der Waals surface area (Å²) in [5, 5.41) is 10.9. The van der Waals surface area contributed by atoms with E-state index in [1.54, 1.807) is 0 Å². The number of nitrogens with zero attached hydrogens (tertiary/aromatic N) is 1. The number of rotatable bonds is 26. The third-order valence-corrected chi connectivity index (χ3v) is 9.12. The lowest BCUT2D eigenvalue weighted by Gasteiger charge is -2.24. The number of imide groups is 1. The first-order chi connectivity index (χ1) is 22.0. The maximum absolute atomic E-state index is 12.8. The van der Waals surface area contributed by atoms with Gasteiger partial charge in [0.05, 0.1) is 5.25 Å². The minimum Gasteiger partial charge on any atom is -0.356 e. The number of carbonyl (C=O) groups excluding carboxylic acids is 6. The van der Waals surface area contributed by atoms with E-state index in [-0.39, 0.29) is 59.6 Å². The molecular weight excluding hydrogens is 610 g/mol. The van der Waals surface area contributed by atoms with Crippen molar-refractivity contribution in [1.29, 1.82) is 0 Å². The van der Waals surface area contributed by atoms with E-state index in [1.165, 1.54) is 16.7 Å². The maximum atomic E-state index is 12.8. The number of amides is 7. The molecule has 0 aromatic carbocycles. The van der Waals surface area contributed by atoms with Crippen LogP contribution in [-0.4, -0.2) is 89.7 Å². The molecule has 0 aliphatic carbocycles. The molecule has 0 aromatic rings. The van der Waals surface area contributed by atoms with Gasteiger partial charge in [-0.15, -0.1) is 11.8 Å². The zero-order valence-electron chi connectivity index (χ0n) is 28.2. The minimum atomic E-state index is -0.658. The van der Waals surface area contributed by atoms with E-state index >= 15 is 0 Å². The van der Waals surface area contributed by atoms with Gasteiger partial charge in [-0.05, 0) is 76.5 Å². The van der Waals surface area contributed by atoms with Crippen LogP contribution >= 0.6 is 11.8 Å². The van der Waals surface area contributed by atoms with Crippen molar-refractivity contribution in [2.75, 3.05) is 31.9 Å². The summed E-state index contributed by atoms with van der Waals surface area (Å²) in [6.45, 7) is 7.77. The van der Waals surface area contributed by atoms with Gasteiger partial charge in [0.25, 0.3) is 0 Å². The zero-order valence-corrected chi connectivity index (χ0v) is 29.0. The molecule has 264 valence electrons. The lowest BCUT2D eigenvalue weighted by atomic mass is 10.0. The molecule has 1 saturated heterocycles. The molecule has 1 fully saturated rings. The van der Waals surface area contributed by atoms with E-state index < -0.39 is 12.1 Å². The average molecular weight is 670 g/mol. The average Bonchev–Trinajstić information content (AvgIpc) is 3.26. The Hall–Kier alpha value is -2.87. The van der Waals surface area contributed by atoms with Gasteiger partial charge in [-0.3, -0.25) is 28.9 Å². The number of hydrogen-bond donors (Lipinski definition) is 6. The van der Waals surface area contributed by atoms with Crippen molar-refractivity contribution in [3.63, 3.8) is 0 Å². The van der Waals surface area contributed by atoms with E-state index in [2.05, 4.69) is 21.3 Å². The van der Waals surface area contributed by atoms with E-state index in [1.807, 2.05) is 20.8 Å². The Balaban J connectivity index is 2.22. The van der Waals surface area contributed by atoms with Gasteiger partial charge in [0.15, 0.2) is 0 Å². The Bertz CT molecular complexity index is 967. The topological polar surface area (TPSA) is 206 Å². The normalized spacial score (nSPS) is 15.9. The first-order valence-corrected chi connectivity index (χ1v) is 18.1. The first-order valence-electron chi connectivity index (χ1n) is 17.0. The van der Waals surface area contributed by atoms with Crippen molar-refractivity contribution < 1.29 is 28.8 Å². The van der Waals surface area contributed by atoms with Crippen molar-refractivity contribution >= 4 is 47.3 Å². The van der Waals surface area contributed by atoms with Crippen molar-refractivity contribution in [3.05, 3.63) is 0 Å². The monoisotopic (exact) mass is 669 g/mol. The highest BCUT2D eigenvalue weighted by Gasteiger charge is 2.38. The number of unbranched alkanes of at least 4 members (excludes halogenated alkanes) is 6. The summed E-state index contributed by atoms with van der Waals surface area (Å²) < 4.78 is 0. The second-order valence-corrected chi connectivity index (χ2v) is 13.7. The largest absolute Gasteiger partial charge is 0.356 e. The molecule has 0 bridgehead atoms. The Morgan fingerprint density at radius 2 is 1.48 bits per heavy atom. The molecule has 3 atom stereocenters. The number of likely N-dealkylation sites (tertiary alicyclic amines) is 1. The number of primary amides is 1. The molecule has 0 spiro atoms. The fraction of sp³-hybridized carbons (Fsp3) is 0.812. The molecule has 1 aliphatic rings. The molecule has 1 aliphatic heterocycles. The summed E-state index contributed by atoms with van der Waals surface area (Å²) in [4.78, 5) is 74.6. The number of thioether (sulfide) groups is 1. The smallest absolute Gasteiger partial charge is 0.312 e. The highest BCUT2D eigenvalue weighted by molar-refractivity contribution is 8.00. The minimum absolute atomic E-state index is 0.0750. The molecule has 0 radical (unpaired) electrons. The molecule has 1 heterocycles. The van der Waals surface area contributed by atoms with E-state index in [0.29, 0.717) is 64.7 Å². The number of nitrogens with one attached hydrogen (secondary N) is 4. The fourth-order valence-corrected chi connectivity index (χ4v) is 6.29. The van der Waals surface area contributed by atoms with Gasteiger partial charge in [0, 0.05) is 44.9 Å². The Morgan fingerprint density at radius 3 is 2.15 bits per heavy atom. The van der Waals surface area contributed by atoms with Gasteiger partial charge in [0.1, 0.15) is 6.04 Å². The first kappa shape index (κ1) is 41.2. The Labute approximate surface area is 279 Å². The van der Waals surface area contributed by atoms with Crippen LogP contribution in [0.2, 0.25) is 0 Å². The van der Waals surface area contributed by atoms with Crippen LogP contribution in [0.1, 0.15) is 111 Å². The third kappa shape index (κ3) is 18.3. The summed E-state index contributed by atoms with van der Waals surface area (Å²) in [5.74, 6) is 0.0138. The highest BCUT2D eigenvalue weighted by Crippen LogP contribution is 2.26. The standard InChI is InChI=1S/C32H59N7O6S/c1-23(2)29(30(43)37-24(3)14-13-19-36-32(34)45)38-27(41)16-7-4-11-20-39-28(42)22-25(31(39)44)46-21-12-5-8-15-26(40)35-18-10-6-9-17-33/h23-25,29H,4-22,33H2,1-3H3,(H,35,40)(H,37,43)(H,38,41)(H3,34,36,45)/t24-,25?,29+/m1/s1.